The molecule has 0 unspecified atom stereocenters. The molecule has 0 bridgehead atoms. The summed E-state index contributed by atoms with van der Waals surface area (Å²) < 4.78 is 30.8. The summed E-state index contributed by atoms with van der Waals surface area (Å²) in [7, 11) is -2.59. The van der Waals surface area contributed by atoms with E-state index in [1.54, 1.807) is 0 Å². The molecule has 0 saturated carbocycles. The molecule has 0 fully saturated rings. The van der Waals surface area contributed by atoms with E-state index in [1.807, 2.05) is 24.4 Å². The fourth-order valence-corrected chi connectivity index (χ4v) is 4.04. The quantitative estimate of drug-likeness (QED) is 0.674. The van der Waals surface area contributed by atoms with Gasteiger partial charge < -0.3 is 10.1 Å². The van der Waals surface area contributed by atoms with Crippen molar-refractivity contribution in [2.45, 2.75) is 17.9 Å². The van der Waals surface area contributed by atoms with E-state index in [1.165, 1.54) is 30.5 Å². The highest BCUT2D eigenvalue weighted by molar-refractivity contribution is 7.89. The van der Waals surface area contributed by atoms with E-state index in [4.69, 9.17) is 16.3 Å². The maximum Gasteiger partial charge on any atom is 0.338 e. The maximum absolute atomic E-state index is 12.1. The van der Waals surface area contributed by atoms with Crippen molar-refractivity contribution in [3.05, 3.63) is 51.2 Å². The van der Waals surface area contributed by atoms with E-state index in [-0.39, 0.29) is 21.5 Å². The Morgan fingerprint density at radius 2 is 2.04 bits per heavy atom. The molecule has 140 valence electrons. The number of hydrogen-bond donors (Lipinski definition) is 2. The van der Waals surface area contributed by atoms with Crippen LogP contribution in [0.4, 0.5) is 0 Å². The first-order valence-electron chi connectivity index (χ1n) is 7.47. The lowest BCUT2D eigenvalue weighted by Crippen LogP contribution is -2.30. The Kier molecular flexibility index (Phi) is 6.76. The average molecular weight is 417 g/mol. The first-order chi connectivity index (χ1) is 12.2. The van der Waals surface area contributed by atoms with E-state index < -0.39 is 28.5 Å². The zero-order valence-electron chi connectivity index (χ0n) is 14.0. The number of carbonyl (C=O) groups excluding carboxylic acids is 2. The minimum absolute atomic E-state index is 0.0256. The van der Waals surface area contributed by atoms with Crippen molar-refractivity contribution < 1.29 is 22.7 Å². The second-order valence-corrected chi connectivity index (χ2v) is 8.47. The van der Waals surface area contributed by atoms with Gasteiger partial charge in [-0.1, -0.05) is 17.7 Å². The van der Waals surface area contributed by atoms with E-state index in [9.17, 15) is 18.0 Å². The third kappa shape index (κ3) is 5.04. The molecule has 1 heterocycles. The Balaban J connectivity index is 2.00. The first kappa shape index (κ1) is 20.4. The number of halogens is 1. The molecule has 10 heteroatoms. The van der Waals surface area contributed by atoms with Crippen molar-refractivity contribution >= 4 is 44.8 Å². The van der Waals surface area contributed by atoms with Crippen LogP contribution in [0.25, 0.3) is 0 Å². The number of esters is 1. The molecule has 1 aromatic carbocycles. The molecule has 0 aliphatic rings. The fourth-order valence-electron chi connectivity index (χ4n) is 2.05. The molecule has 0 saturated heterocycles. The predicted molar refractivity (Wildman–Crippen MR) is 98.9 cm³/mol. The molecule has 26 heavy (non-hydrogen) atoms. The van der Waals surface area contributed by atoms with Crippen molar-refractivity contribution in [2.24, 2.45) is 0 Å². The van der Waals surface area contributed by atoms with Gasteiger partial charge in [0.25, 0.3) is 5.91 Å². The molecular formula is C16H17ClN2O5S2. The predicted octanol–water partition coefficient (Wildman–Crippen LogP) is 2.34. The third-order valence-corrected chi connectivity index (χ3v) is 6.36. The molecule has 1 amide bonds. The summed E-state index contributed by atoms with van der Waals surface area (Å²) in [5, 5.41) is 4.58. The Labute approximate surface area is 160 Å². The first-order valence-corrected chi connectivity index (χ1v) is 10.2. The van der Waals surface area contributed by atoms with Gasteiger partial charge in [0, 0.05) is 4.88 Å². The van der Waals surface area contributed by atoms with Gasteiger partial charge in [0.1, 0.15) is 4.90 Å². The highest BCUT2D eigenvalue weighted by atomic mass is 35.5. The van der Waals surface area contributed by atoms with Gasteiger partial charge in [0.15, 0.2) is 6.61 Å². The van der Waals surface area contributed by atoms with E-state index >= 15 is 0 Å². The number of hydrogen-bond acceptors (Lipinski definition) is 6. The number of carbonyl (C=O) groups is 2. The number of amides is 1. The summed E-state index contributed by atoms with van der Waals surface area (Å²) in [6, 6.07) is 7.26. The standard InChI is InChI=1S/C16H17ClN2O5S2/c1-10(13-4-3-7-25-13)19-15(20)9-24-16(21)11-5-6-12(17)14(8-11)26(22,23)18-2/h3-8,10,18H,9H2,1-2H3,(H,19,20)/t10-/m1/s1. The van der Waals surface area contributed by atoms with Gasteiger partial charge in [-0.15, -0.1) is 11.3 Å². The van der Waals surface area contributed by atoms with Crippen molar-refractivity contribution in [1.82, 2.24) is 10.0 Å². The normalized spacial score (nSPS) is 12.4. The van der Waals surface area contributed by atoms with Gasteiger partial charge in [0.2, 0.25) is 10.0 Å². The van der Waals surface area contributed by atoms with E-state index in [0.29, 0.717) is 0 Å². The molecule has 2 aromatic rings. The number of nitrogens with one attached hydrogen (secondary N) is 2. The summed E-state index contributed by atoms with van der Waals surface area (Å²) in [5.41, 5.74) is -0.0256. The zero-order valence-corrected chi connectivity index (χ0v) is 16.4. The third-order valence-electron chi connectivity index (χ3n) is 3.41. The van der Waals surface area contributed by atoms with Crippen molar-refractivity contribution in [3.63, 3.8) is 0 Å². The Morgan fingerprint density at radius 3 is 2.65 bits per heavy atom. The number of thiophene rings is 1. The molecule has 2 rings (SSSR count). The van der Waals surface area contributed by atoms with Crippen LogP contribution in [0.3, 0.4) is 0 Å². The van der Waals surface area contributed by atoms with Gasteiger partial charge in [0.05, 0.1) is 16.6 Å². The molecule has 0 spiro atoms. The molecule has 0 radical (unpaired) electrons. The summed E-state index contributed by atoms with van der Waals surface area (Å²) in [4.78, 5) is 24.7. The zero-order chi connectivity index (χ0) is 19.3. The Hall–Kier alpha value is -1.94. The Bertz CT molecular complexity index is 897. The minimum Gasteiger partial charge on any atom is -0.452 e. The van der Waals surface area contributed by atoms with Gasteiger partial charge in [-0.3, -0.25) is 4.79 Å². The van der Waals surface area contributed by atoms with Crippen LogP contribution >= 0.6 is 22.9 Å². The second kappa shape index (κ2) is 8.63. The van der Waals surface area contributed by atoms with Crippen LogP contribution in [0, 0.1) is 0 Å². The smallest absolute Gasteiger partial charge is 0.338 e. The van der Waals surface area contributed by atoms with Gasteiger partial charge in [-0.2, -0.15) is 0 Å². The largest absolute Gasteiger partial charge is 0.452 e. The van der Waals surface area contributed by atoms with Crippen LogP contribution in [0.2, 0.25) is 5.02 Å². The van der Waals surface area contributed by atoms with Crippen LogP contribution in [0.15, 0.2) is 40.6 Å². The highest BCUT2D eigenvalue weighted by Gasteiger charge is 2.20. The monoisotopic (exact) mass is 416 g/mol. The molecule has 0 aliphatic heterocycles. The highest BCUT2D eigenvalue weighted by Crippen LogP contribution is 2.23. The topological polar surface area (TPSA) is 102 Å². The van der Waals surface area contributed by atoms with Crippen molar-refractivity contribution in [3.8, 4) is 0 Å². The average Bonchev–Trinajstić information content (AvgIpc) is 3.14. The van der Waals surface area contributed by atoms with E-state index in [0.717, 1.165) is 10.9 Å². The SMILES string of the molecule is CNS(=O)(=O)c1cc(C(=O)OCC(=O)N[C@H](C)c2cccs2)ccc1Cl. The summed E-state index contributed by atoms with van der Waals surface area (Å²) in [6.07, 6.45) is 0. The van der Waals surface area contributed by atoms with Gasteiger partial charge in [-0.05, 0) is 43.6 Å². The van der Waals surface area contributed by atoms with Gasteiger partial charge in [-0.25, -0.2) is 17.9 Å². The van der Waals surface area contributed by atoms with Crippen molar-refractivity contribution in [2.75, 3.05) is 13.7 Å². The molecular weight excluding hydrogens is 400 g/mol. The molecule has 2 N–H and O–H groups in total. The molecule has 7 nitrogen and oxygen atoms in total. The minimum atomic E-state index is -3.83. The van der Waals surface area contributed by atoms with Crippen LogP contribution in [-0.2, 0) is 19.6 Å². The number of rotatable bonds is 7. The number of sulfonamides is 1. The summed E-state index contributed by atoms with van der Waals surface area (Å²) in [5.74, 6) is -1.29. The molecule has 1 aromatic heterocycles. The lowest BCUT2D eigenvalue weighted by Gasteiger charge is -2.12. The summed E-state index contributed by atoms with van der Waals surface area (Å²) in [6.45, 7) is 1.34. The molecule has 0 aliphatic carbocycles. The lowest BCUT2D eigenvalue weighted by molar-refractivity contribution is -0.124. The fraction of sp³-hybridized carbons (Fsp3) is 0.250. The lowest BCUT2D eigenvalue weighted by atomic mass is 10.2. The van der Waals surface area contributed by atoms with Crippen LogP contribution in [0.5, 0.6) is 0 Å². The second-order valence-electron chi connectivity index (χ2n) is 5.23. The Morgan fingerprint density at radius 1 is 1.31 bits per heavy atom. The number of ether oxygens (including phenoxy) is 1. The maximum atomic E-state index is 12.1. The van der Waals surface area contributed by atoms with Crippen molar-refractivity contribution in [1.29, 1.82) is 0 Å². The number of benzene rings is 1. The summed E-state index contributed by atoms with van der Waals surface area (Å²) >= 11 is 7.37. The van der Waals surface area contributed by atoms with Gasteiger partial charge >= 0.3 is 5.97 Å². The van der Waals surface area contributed by atoms with Crippen LogP contribution in [0.1, 0.15) is 28.2 Å². The molecule has 1 atom stereocenters. The van der Waals surface area contributed by atoms with Crippen LogP contribution in [-0.4, -0.2) is 33.9 Å². The van der Waals surface area contributed by atoms with Crippen LogP contribution < -0.4 is 10.0 Å². The van der Waals surface area contributed by atoms with E-state index in [2.05, 4.69) is 10.0 Å².